The molecular formula is C14H17N5O. The lowest BCUT2D eigenvalue weighted by molar-refractivity contribution is -0.125. The van der Waals surface area contributed by atoms with E-state index < -0.39 is 0 Å². The van der Waals surface area contributed by atoms with E-state index in [1.807, 2.05) is 22.9 Å². The summed E-state index contributed by atoms with van der Waals surface area (Å²) in [5.41, 5.74) is 2.12. The van der Waals surface area contributed by atoms with Gasteiger partial charge in [0.05, 0.1) is 18.2 Å². The Labute approximate surface area is 117 Å². The van der Waals surface area contributed by atoms with Crippen LogP contribution in [0.25, 0.3) is 0 Å². The minimum Gasteiger partial charge on any atom is -0.352 e. The highest BCUT2D eigenvalue weighted by Gasteiger charge is 2.22. The van der Waals surface area contributed by atoms with Gasteiger partial charge in [-0.1, -0.05) is 6.07 Å². The lowest BCUT2D eigenvalue weighted by Gasteiger charge is -2.14. The molecule has 0 fully saturated rings. The molecule has 20 heavy (non-hydrogen) atoms. The first-order chi connectivity index (χ1) is 9.83. The molecule has 1 aliphatic heterocycles. The molecular weight excluding hydrogens is 254 g/mol. The van der Waals surface area contributed by atoms with Gasteiger partial charge < -0.3 is 10.6 Å². The van der Waals surface area contributed by atoms with Crippen LogP contribution < -0.4 is 10.6 Å². The summed E-state index contributed by atoms with van der Waals surface area (Å²) in [6.07, 6.45) is 5.25. The van der Waals surface area contributed by atoms with Crippen molar-refractivity contribution in [1.29, 1.82) is 0 Å². The predicted molar refractivity (Wildman–Crippen MR) is 73.5 cm³/mol. The average molecular weight is 271 g/mol. The van der Waals surface area contributed by atoms with Crippen LogP contribution in [-0.4, -0.2) is 27.2 Å². The molecule has 2 N–H and O–H groups in total. The second-order valence-corrected chi connectivity index (χ2v) is 4.91. The zero-order valence-corrected chi connectivity index (χ0v) is 11.1. The molecule has 1 unspecified atom stereocenters. The van der Waals surface area contributed by atoms with Gasteiger partial charge in [-0.25, -0.2) is 0 Å². The van der Waals surface area contributed by atoms with Crippen molar-refractivity contribution in [1.82, 2.24) is 25.4 Å². The van der Waals surface area contributed by atoms with Crippen molar-refractivity contribution in [3.05, 3.63) is 48.0 Å². The summed E-state index contributed by atoms with van der Waals surface area (Å²) in [5.74, 6) is -0.0578. The van der Waals surface area contributed by atoms with Gasteiger partial charge in [0.2, 0.25) is 5.91 Å². The standard InChI is InChI=1S/C14H17N5O/c20-14(17-7-11-2-1-4-15-6-11)12-8-16-9-13-3-5-18-19(13)10-12/h1-6,12,16H,7-10H2,(H,17,20). The van der Waals surface area contributed by atoms with Crippen molar-refractivity contribution in [2.75, 3.05) is 6.54 Å². The fourth-order valence-electron chi connectivity index (χ4n) is 2.33. The van der Waals surface area contributed by atoms with Crippen molar-refractivity contribution in [3.8, 4) is 0 Å². The maximum absolute atomic E-state index is 12.2. The molecule has 1 aliphatic rings. The van der Waals surface area contributed by atoms with Crippen molar-refractivity contribution < 1.29 is 4.79 Å². The number of pyridine rings is 1. The van der Waals surface area contributed by atoms with E-state index in [9.17, 15) is 4.79 Å². The molecule has 1 atom stereocenters. The van der Waals surface area contributed by atoms with Gasteiger partial charge in [0.25, 0.3) is 0 Å². The summed E-state index contributed by atoms with van der Waals surface area (Å²) in [6.45, 7) is 2.55. The summed E-state index contributed by atoms with van der Waals surface area (Å²) in [5, 5.41) is 10.5. The molecule has 2 aromatic heterocycles. The molecule has 0 bridgehead atoms. The van der Waals surface area contributed by atoms with Crippen LogP contribution in [0.5, 0.6) is 0 Å². The van der Waals surface area contributed by atoms with Gasteiger partial charge in [0.15, 0.2) is 0 Å². The van der Waals surface area contributed by atoms with Crippen LogP contribution in [0, 0.1) is 5.92 Å². The Morgan fingerprint density at radius 1 is 1.45 bits per heavy atom. The zero-order chi connectivity index (χ0) is 13.8. The normalized spacial score (nSPS) is 18.1. The zero-order valence-electron chi connectivity index (χ0n) is 11.1. The maximum atomic E-state index is 12.2. The molecule has 0 radical (unpaired) electrons. The number of nitrogens with zero attached hydrogens (tertiary/aromatic N) is 3. The topological polar surface area (TPSA) is 71.8 Å². The van der Waals surface area contributed by atoms with Crippen LogP contribution in [0.15, 0.2) is 36.8 Å². The SMILES string of the molecule is O=C(NCc1cccnc1)C1CNCc2ccnn2C1. The molecule has 6 nitrogen and oxygen atoms in total. The monoisotopic (exact) mass is 271 g/mol. The molecule has 104 valence electrons. The third-order valence-electron chi connectivity index (χ3n) is 3.46. The molecule has 3 heterocycles. The van der Waals surface area contributed by atoms with E-state index in [4.69, 9.17) is 0 Å². The van der Waals surface area contributed by atoms with Gasteiger partial charge in [-0.05, 0) is 17.7 Å². The summed E-state index contributed by atoms with van der Waals surface area (Å²) >= 11 is 0. The number of hydrogen-bond donors (Lipinski definition) is 2. The Hall–Kier alpha value is -2.21. The van der Waals surface area contributed by atoms with Crippen molar-refractivity contribution in [2.45, 2.75) is 19.6 Å². The van der Waals surface area contributed by atoms with Crippen LogP contribution in [0.3, 0.4) is 0 Å². The molecule has 3 rings (SSSR count). The van der Waals surface area contributed by atoms with E-state index in [2.05, 4.69) is 20.7 Å². The molecule has 0 saturated heterocycles. The highest BCUT2D eigenvalue weighted by Crippen LogP contribution is 2.09. The van der Waals surface area contributed by atoms with Crippen LogP contribution in [0.4, 0.5) is 0 Å². The number of fused-ring (bicyclic) bond motifs is 1. The Morgan fingerprint density at radius 2 is 2.40 bits per heavy atom. The number of carbonyl (C=O) groups is 1. The fraction of sp³-hybridized carbons (Fsp3) is 0.357. The second kappa shape index (κ2) is 5.83. The highest BCUT2D eigenvalue weighted by atomic mass is 16.1. The first-order valence-electron chi connectivity index (χ1n) is 6.71. The summed E-state index contributed by atoms with van der Waals surface area (Å²) in [4.78, 5) is 16.3. The van der Waals surface area contributed by atoms with Gasteiger partial charge in [0.1, 0.15) is 0 Å². The Bertz CT molecular complexity index is 580. The number of rotatable bonds is 3. The van der Waals surface area contributed by atoms with Crippen molar-refractivity contribution in [2.24, 2.45) is 5.92 Å². The number of amides is 1. The van der Waals surface area contributed by atoms with E-state index in [1.165, 1.54) is 0 Å². The molecule has 2 aromatic rings. The molecule has 1 amide bonds. The van der Waals surface area contributed by atoms with Crippen molar-refractivity contribution >= 4 is 5.91 Å². The van der Waals surface area contributed by atoms with E-state index in [-0.39, 0.29) is 11.8 Å². The largest absolute Gasteiger partial charge is 0.352 e. The Morgan fingerprint density at radius 3 is 3.25 bits per heavy atom. The van der Waals surface area contributed by atoms with Gasteiger partial charge in [0, 0.05) is 38.2 Å². The number of aromatic nitrogens is 3. The smallest absolute Gasteiger partial charge is 0.226 e. The minimum absolute atomic E-state index is 0.0460. The van der Waals surface area contributed by atoms with E-state index in [0.717, 1.165) is 17.8 Å². The molecule has 0 aromatic carbocycles. The van der Waals surface area contributed by atoms with Gasteiger partial charge in [-0.15, -0.1) is 0 Å². The van der Waals surface area contributed by atoms with Crippen LogP contribution >= 0.6 is 0 Å². The van der Waals surface area contributed by atoms with Crippen LogP contribution in [0.2, 0.25) is 0 Å². The Kier molecular flexibility index (Phi) is 3.73. The quantitative estimate of drug-likeness (QED) is 0.843. The minimum atomic E-state index is -0.104. The summed E-state index contributed by atoms with van der Waals surface area (Å²) < 4.78 is 1.90. The van der Waals surface area contributed by atoms with Crippen LogP contribution in [0.1, 0.15) is 11.3 Å². The lowest BCUT2D eigenvalue weighted by atomic mass is 10.1. The second-order valence-electron chi connectivity index (χ2n) is 4.91. The van der Waals surface area contributed by atoms with E-state index in [1.54, 1.807) is 18.6 Å². The van der Waals surface area contributed by atoms with E-state index >= 15 is 0 Å². The predicted octanol–water partition coefficient (Wildman–Crippen LogP) is 0.314. The first-order valence-corrected chi connectivity index (χ1v) is 6.71. The highest BCUT2D eigenvalue weighted by molar-refractivity contribution is 5.78. The molecule has 0 spiro atoms. The molecule has 0 aliphatic carbocycles. The van der Waals surface area contributed by atoms with Gasteiger partial charge >= 0.3 is 0 Å². The summed E-state index contributed by atoms with van der Waals surface area (Å²) in [6, 6.07) is 5.79. The van der Waals surface area contributed by atoms with Crippen molar-refractivity contribution in [3.63, 3.8) is 0 Å². The van der Waals surface area contributed by atoms with Crippen LogP contribution in [-0.2, 0) is 24.4 Å². The van der Waals surface area contributed by atoms with Gasteiger partial charge in [-0.3, -0.25) is 14.5 Å². The third-order valence-corrected chi connectivity index (χ3v) is 3.46. The lowest BCUT2D eigenvalue weighted by Crippen LogP contribution is -2.37. The Balaban J connectivity index is 1.60. The fourth-order valence-corrected chi connectivity index (χ4v) is 2.33. The average Bonchev–Trinajstić information content (AvgIpc) is 2.83. The molecule has 6 heteroatoms. The first kappa shape index (κ1) is 12.8. The number of hydrogen-bond acceptors (Lipinski definition) is 4. The maximum Gasteiger partial charge on any atom is 0.226 e. The number of nitrogens with one attached hydrogen (secondary N) is 2. The summed E-state index contributed by atoms with van der Waals surface area (Å²) in [7, 11) is 0. The number of carbonyl (C=O) groups excluding carboxylic acids is 1. The van der Waals surface area contributed by atoms with Gasteiger partial charge in [-0.2, -0.15) is 5.10 Å². The molecule has 0 saturated carbocycles. The van der Waals surface area contributed by atoms with E-state index in [0.29, 0.717) is 19.6 Å². The third kappa shape index (κ3) is 2.85.